The standard InChI is InChI=1S/C29H44N2O9S2/c1-2-14-39-28(34)11-15-36-17-19-38-20-18-37-16-13-30-27(33)12-21-41-42-26-6-4-3-5-25(26)40-29(35)31-24-9-7-23(22-32)8-10-24/h2,7-10,25-26,32H,1,3-6,11-22H2,(H,30,33)(H,31,35)/t25-,26-/m0/s1. The molecule has 42 heavy (non-hydrogen) atoms. The van der Waals surface area contributed by atoms with Crippen LogP contribution in [0.15, 0.2) is 36.9 Å². The topological polar surface area (TPSA) is 142 Å². The molecule has 2 rings (SSSR count). The highest BCUT2D eigenvalue weighted by molar-refractivity contribution is 8.77. The van der Waals surface area contributed by atoms with Gasteiger partial charge in [-0.2, -0.15) is 0 Å². The summed E-state index contributed by atoms with van der Waals surface area (Å²) in [5.41, 5.74) is 1.39. The fraction of sp³-hybridized carbons (Fsp3) is 0.621. The van der Waals surface area contributed by atoms with Crippen molar-refractivity contribution in [2.75, 3.05) is 63.9 Å². The van der Waals surface area contributed by atoms with Gasteiger partial charge in [0.05, 0.1) is 57.9 Å². The smallest absolute Gasteiger partial charge is 0.411 e. The lowest BCUT2D eigenvalue weighted by molar-refractivity contribution is -0.143. The second kappa shape index (κ2) is 23.2. The van der Waals surface area contributed by atoms with Crippen LogP contribution in [0.3, 0.4) is 0 Å². The van der Waals surface area contributed by atoms with Gasteiger partial charge in [-0.15, -0.1) is 0 Å². The molecule has 0 spiro atoms. The lowest BCUT2D eigenvalue weighted by Gasteiger charge is -2.30. The Bertz CT molecular complexity index is 921. The van der Waals surface area contributed by atoms with E-state index < -0.39 is 6.09 Å². The van der Waals surface area contributed by atoms with Crippen molar-refractivity contribution in [1.82, 2.24) is 5.32 Å². The first kappa shape index (κ1) is 35.9. The first-order valence-corrected chi connectivity index (χ1v) is 16.6. The number of benzene rings is 1. The van der Waals surface area contributed by atoms with Crippen molar-refractivity contribution in [1.29, 1.82) is 0 Å². The highest BCUT2D eigenvalue weighted by Gasteiger charge is 2.29. The van der Waals surface area contributed by atoms with Crippen molar-refractivity contribution in [3.63, 3.8) is 0 Å². The summed E-state index contributed by atoms with van der Waals surface area (Å²) in [7, 11) is 3.31. The van der Waals surface area contributed by atoms with Gasteiger partial charge in [0.1, 0.15) is 12.7 Å². The average Bonchev–Trinajstić information content (AvgIpc) is 2.99. The Morgan fingerprint density at radius 2 is 1.64 bits per heavy atom. The summed E-state index contributed by atoms with van der Waals surface area (Å²) in [6, 6.07) is 6.97. The Balaban J connectivity index is 1.44. The fourth-order valence-electron chi connectivity index (χ4n) is 3.83. The second-order valence-corrected chi connectivity index (χ2v) is 12.1. The maximum Gasteiger partial charge on any atom is 0.411 e. The first-order chi connectivity index (χ1) is 20.5. The molecule has 2 amide bonds. The molecular formula is C29H44N2O9S2. The Morgan fingerprint density at radius 3 is 2.36 bits per heavy atom. The van der Waals surface area contributed by atoms with Crippen molar-refractivity contribution in [2.24, 2.45) is 0 Å². The molecule has 0 aromatic heterocycles. The van der Waals surface area contributed by atoms with E-state index in [2.05, 4.69) is 17.2 Å². The molecule has 0 aliphatic heterocycles. The number of nitrogens with one attached hydrogen (secondary N) is 2. The predicted molar refractivity (Wildman–Crippen MR) is 164 cm³/mol. The van der Waals surface area contributed by atoms with Gasteiger partial charge in [-0.3, -0.25) is 14.9 Å². The van der Waals surface area contributed by atoms with Crippen molar-refractivity contribution < 1.29 is 43.2 Å². The molecule has 1 saturated carbocycles. The van der Waals surface area contributed by atoms with Crippen molar-refractivity contribution in [3.05, 3.63) is 42.5 Å². The minimum Gasteiger partial charge on any atom is -0.461 e. The predicted octanol–water partition coefficient (Wildman–Crippen LogP) is 4.10. The number of carbonyl (C=O) groups is 3. The van der Waals surface area contributed by atoms with E-state index >= 15 is 0 Å². The number of ether oxygens (including phenoxy) is 5. The van der Waals surface area contributed by atoms with Crippen molar-refractivity contribution >= 4 is 45.2 Å². The summed E-state index contributed by atoms with van der Waals surface area (Å²) in [5.74, 6) is 0.311. The van der Waals surface area contributed by atoms with Crippen LogP contribution in [0, 0.1) is 0 Å². The Morgan fingerprint density at radius 1 is 0.952 bits per heavy atom. The van der Waals surface area contributed by atoms with Gasteiger partial charge in [-0.25, -0.2) is 4.79 Å². The number of rotatable bonds is 22. The largest absolute Gasteiger partial charge is 0.461 e. The van der Waals surface area contributed by atoms with Gasteiger partial charge in [-0.1, -0.05) is 52.8 Å². The van der Waals surface area contributed by atoms with Crippen LogP contribution in [0.25, 0.3) is 0 Å². The molecule has 1 fully saturated rings. The summed E-state index contributed by atoms with van der Waals surface area (Å²) in [6.07, 6.45) is 5.36. The van der Waals surface area contributed by atoms with Gasteiger partial charge in [0.15, 0.2) is 0 Å². The molecular weight excluding hydrogens is 584 g/mol. The summed E-state index contributed by atoms with van der Waals surface area (Å²) >= 11 is 0. The molecule has 0 saturated heterocycles. The molecule has 0 unspecified atom stereocenters. The number of anilines is 1. The molecule has 2 atom stereocenters. The first-order valence-electron chi connectivity index (χ1n) is 14.2. The molecule has 3 N–H and O–H groups in total. The van der Waals surface area contributed by atoms with Crippen LogP contribution in [-0.4, -0.2) is 93.0 Å². The third-order valence-corrected chi connectivity index (χ3v) is 8.96. The maximum atomic E-state index is 12.4. The Labute approximate surface area is 256 Å². The van der Waals surface area contributed by atoms with E-state index in [0.717, 1.165) is 31.2 Å². The van der Waals surface area contributed by atoms with Crippen LogP contribution in [0.5, 0.6) is 0 Å². The van der Waals surface area contributed by atoms with Crippen molar-refractivity contribution in [2.45, 2.75) is 56.5 Å². The summed E-state index contributed by atoms with van der Waals surface area (Å²) in [4.78, 5) is 35.8. The van der Waals surface area contributed by atoms with Crippen LogP contribution in [0.2, 0.25) is 0 Å². The highest BCUT2D eigenvalue weighted by atomic mass is 33.1. The zero-order chi connectivity index (χ0) is 30.3. The number of carbonyl (C=O) groups excluding carboxylic acids is 3. The molecule has 1 aliphatic rings. The molecule has 1 aliphatic carbocycles. The lowest BCUT2D eigenvalue weighted by atomic mass is 9.97. The Kier molecular flexibility index (Phi) is 19.8. The summed E-state index contributed by atoms with van der Waals surface area (Å²) < 4.78 is 26.7. The van der Waals surface area contributed by atoms with E-state index in [-0.39, 0.29) is 49.5 Å². The third-order valence-electron chi connectivity index (χ3n) is 6.01. The molecule has 0 radical (unpaired) electrons. The van der Waals surface area contributed by atoms with Crippen molar-refractivity contribution in [3.8, 4) is 0 Å². The van der Waals surface area contributed by atoms with E-state index in [1.165, 1.54) is 6.08 Å². The van der Waals surface area contributed by atoms with Gasteiger partial charge in [0.2, 0.25) is 5.91 Å². The van der Waals surface area contributed by atoms with E-state index in [4.69, 9.17) is 28.8 Å². The average molecular weight is 629 g/mol. The second-order valence-electron chi connectivity index (χ2n) is 9.32. The fourth-order valence-corrected chi connectivity index (χ4v) is 6.67. The third kappa shape index (κ3) is 17.0. The summed E-state index contributed by atoms with van der Waals surface area (Å²) in [5, 5.41) is 14.9. The number of esters is 1. The van der Waals surface area contributed by atoms with E-state index in [1.54, 1.807) is 45.9 Å². The molecule has 0 bridgehead atoms. The van der Waals surface area contributed by atoms with Crippen LogP contribution >= 0.6 is 21.6 Å². The van der Waals surface area contributed by atoms with E-state index in [9.17, 15) is 14.4 Å². The molecule has 0 heterocycles. The SMILES string of the molecule is C=CCOC(=O)CCOCCOCCOCCNC(=O)CCSS[C@H]1CCCC[C@@H]1OC(=O)Nc1ccc(CO)cc1. The molecule has 236 valence electrons. The van der Waals surface area contributed by atoms with Gasteiger partial charge in [-0.05, 0) is 37.0 Å². The molecule has 1 aromatic rings. The van der Waals surface area contributed by atoms with Crippen LogP contribution in [-0.2, 0) is 39.9 Å². The lowest BCUT2D eigenvalue weighted by Crippen LogP contribution is -2.33. The minimum atomic E-state index is -0.480. The zero-order valence-electron chi connectivity index (χ0n) is 24.1. The highest BCUT2D eigenvalue weighted by Crippen LogP contribution is 2.38. The van der Waals surface area contributed by atoms with Gasteiger partial charge < -0.3 is 34.1 Å². The van der Waals surface area contributed by atoms with Crippen LogP contribution in [0.4, 0.5) is 10.5 Å². The van der Waals surface area contributed by atoms with Crippen LogP contribution < -0.4 is 10.6 Å². The quantitative estimate of drug-likeness (QED) is 0.0740. The van der Waals surface area contributed by atoms with Gasteiger partial charge >= 0.3 is 12.1 Å². The maximum absolute atomic E-state index is 12.4. The van der Waals surface area contributed by atoms with E-state index in [1.807, 2.05) is 0 Å². The van der Waals surface area contributed by atoms with Gasteiger partial charge in [0.25, 0.3) is 0 Å². The molecule has 1 aromatic carbocycles. The number of aliphatic hydroxyl groups is 1. The summed E-state index contributed by atoms with van der Waals surface area (Å²) in [6.45, 7) is 6.35. The number of aliphatic hydroxyl groups excluding tert-OH is 1. The van der Waals surface area contributed by atoms with Gasteiger partial charge in [0, 0.05) is 24.4 Å². The van der Waals surface area contributed by atoms with E-state index in [0.29, 0.717) is 57.4 Å². The molecule has 11 nitrogen and oxygen atoms in total. The van der Waals surface area contributed by atoms with Crippen LogP contribution in [0.1, 0.15) is 44.1 Å². The Hall–Kier alpha value is -2.29. The minimum absolute atomic E-state index is 0.0310. The number of amides is 2. The monoisotopic (exact) mass is 628 g/mol. The zero-order valence-corrected chi connectivity index (χ0v) is 25.7. The molecule has 13 heteroatoms. The normalized spacial score (nSPS) is 16.4. The number of hydrogen-bond acceptors (Lipinski definition) is 11. The number of hydrogen-bond donors (Lipinski definition) is 3.